The first-order valence-electron chi connectivity index (χ1n) is 9.79. The SMILES string of the molecule is COc1ccc(S(=O)(=O)N2Cc3ccsc3C(OC(=O)Nc3ccccc3)C2C(=O)O)cc1. The fourth-order valence-corrected chi connectivity index (χ4v) is 6.09. The number of hydrogen-bond donors (Lipinski definition) is 2. The van der Waals surface area contributed by atoms with E-state index < -0.39 is 34.2 Å². The van der Waals surface area contributed by atoms with E-state index in [2.05, 4.69) is 5.32 Å². The number of sulfonamides is 1. The summed E-state index contributed by atoms with van der Waals surface area (Å²) < 4.78 is 38.3. The van der Waals surface area contributed by atoms with E-state index in [4.69, 9.17) is 9.47 Å². The molecule has 2 atom stereocenters. The lowest BCUT2D eigenvalue weighted by Gasteiger charge is -2.37. The molecule has 0 spiro atoms. The summed E-state index contributed by atoms with van der Waals surface area (Å²) in [6.45, 7) is -0.162. The molecule has 0 saturated carbocycles. The zero-order valence-electron chi connectivity index (χ0n) is 17.4. The first-order valence-corrected chi connectivity index (χ1v) is 12.1. The van der Waals surface area contributed by atoms with Gasteiger partial charge in [-0.3, -0.25) is 10.1 Å². The number of amides is 1. The summed E-state index contributed by atoms with van der Waals surface area (Å²) in [5.41, 5.74) is 1.03. The average molecular weight is 489 g/mol. The lowest BCUT2D eigenvalue weighted by atomic mass is 10.0. The third-order valence-electron chi connectivity index (χ3n) is 5.14. The number of rotatable bonds is 6. The Labute approximate surface area is 194 Å². The van der Waals surface area contributed by atoms with Crippen LogP contribution in [0.25, 0.3) is 0 Å². The molecule has 9 nitrogen and oxygen atoms in total. The van der Waals surface area contributed by atoms with Crippen molar-refractivity contribution in [1.29, 1.82) is 0 Å². The number of hydrogen-bond acceptors (Lipinski definition) is 7. The number of carbonyl (C=O) groups excluding carboxylic acids is 1. The maximum Gasteiger partial charge on any atom is 0.412 e. The van der Waals surface area contributed by atoms with E-state index in [-0.39, 0.29) is 11.4 Å². The molecule has 2 unspecified atom stereocenters. The molecule has 2 heterocycles. The summed E-state index contributed by atoms with van der Waals surface area (Å²) in [4.78, 5) is 25.3. The van der Waals surface area contributed by atoms with Gasteiger partial charge in [-0.25, -0.2) is 13.2 Å². The van der Waals surface area contributed by atoms with E-state index >= 15 is 0 Å². The van der Waals surface area contributed by atoms with Crippen molar-refractivity contribution in [2.75, 3.05) is 12.4 Å². The molecule has 0 radical (unpaired) electrons. The summed E-state index contributed by atoms with van der Waals surface area (Å²) >= 11 is 1.21. The Morgan fingerprint density at radius 3 is 2.42 bits per heavy atom. The number of carboxylic acids is 1. The molecule has 4 rings (SSSR count). The molecule has 11 heteroatoms. The van der Waals surface area contributed by atoms with Crippen LogP contribution in [0.5, 0.6) is 5.75 Å². The van der Waals surface area contributed by atoms with Crippen molar-refractivity contribution in [3.63, 3.8) is 0 Å². The molecule has 0 aliphatic carbocycles. The number of nitrogens with zero attached hydrogens (tertiary/aromatic N) is 1. The lowest BCUT2D eigenvalue weighted by Crippen LogP contribution is -2.51. The van der Waals surface area contributed by atoms with Crippen LogP contribution in [0.4, 0.5) is 10.5 Å². The van der Waals surface area contributed by atoms with E-state index in [1.165, 1.54) is 42.7 Å². The quantitative estimate of drug-likeness (QED) is 0.542. The van der Waals surface area contributed by atoms with Gasteiger partial charge in [-0.15, -0.1) is 11.3 Å². The lowest BCUT2D eigenvalue weighted by molar-refractivity contribution is -0.146. The van der Waals surface area contributed by atoms with Gasteiger partial charge in [-0.05, 0) is 53.4 Å². The number of para-hydroxylation sites is 1. The van der Waals surface area contributed by atoms with E-state index in [1.54, 1.807) is 41.8 Å². The second kappa shape index (κ2) is 9.22. The van der Waals surface area contributed by atoms with Crippen LogP contribution >= 0.6 is 11.3 Å². The molecule has 0 bridgehead atoms. The molecule has 172 valence electrons. The van der Waals surface area contributed by atoms with Gasteiger partial charge in [0.05, 0.1) is 16.9 Å². The van der Waals surface area contributed by atoms with Crippen molar-refractivity contribution < 1.29 is 32.6 Å². The Morgan fingerprint density at radius 1 is 1.09 bits per heavy atom. The van der Waals surface area contributed by atoms with Crippen molar-refractivity contribution >= 4 is 39.1 Å². The number of aliphatic carboxylic acids is 1. The predicted octanol–water partition coefficient (Wildman–Crippen LogP) is 3.70. The molecule has 2 aromatic carbocycles. The maximum atomic E-state index is 13.4. The van der Waals surface area contributed by atoms with E-state index in [9.17, 15) is 23.1 Å². The monoisotopic (exact) mass is 488 g/mol. The standard InChI is InChI=1S/C22H20N2O7S2/c1-30-16-7-9-17(10-8-16)33(28,29)24-13-14-11-12-32-20(14)19(18(24)21(25)26)31-22(27)23-15-5-3-2-4-6-15/h2-12,18-19H,13H2,1H3,(H,23,27)(H,25,26). The van der Waals surface area contributed by atoms with E-state index in [1.807, 2.05) is 0 Å². The van der Waals surface area contributed by atoms with Crippen LogP contribution in [0.2, 0.25) is 0 Å². The first-order chi connectivity index (χ1) is 15.8. The minimum absolute atomic E-state index is 0.0966. The van der Waals surface area contributed by atoms with Crippen molar-refractivity contribution in [1.82, 2.24) is 4.31 Å². The highest BCUT2D eigenvalue weighted by atomic mass is 32.2. The molecule has 1 aliphatic heterocycles. The van der Waals surface area contributed by atoms with Gasteiger partial charge in [-0.1, -0.05) is 18.2 Å². The Bertz CT molecular complexity index is 1260. The Hall–Kier alpha value is -3.41. The second-order valence-electron chi connectivity index (χ2n) is 7.14. The number of thiophene rings is 1. The van der Waals surface area contributed by atoms with Crippen LogP contribution in [0.3, 0.4) is 0 Å². The van der Waals surface area contributed by atoms with Gasteiger partial charge in [0, 0.05) is 12.2 Å². The van der Waals surface area contributed by atoms with Crippen molar-refractivity contribution in [3.8, 4) is 5.75 Å². The van der Waals surface area contributed by atoms with Crippen molar-refractivity contribution in [2.24, 2.45) is 0 Å². The molecular formula is C22H20N2O7S2. The molecule has 1 amide bonds. The fraction of sp³-hybridized carbons (Fsp3) is 0.182. The van der Waals surface area contributed by atoms with Gasteiger partial charge >= 0.3 is 12.1 Å². The zero-order valence-corrected chi connectivity index (χ0v) is 19.0. The van der Waals surface area contributed by atoms with Crippen LogP contribution in [0.1, 0.15) is 16.5 Å². The largest absolute Gasteiger partial charge is 0.497 e. The molecule has 1 aliphatic rings. The highest BCUT2D eigenvalue weighted by molar-refractivity contribution is 7.89. The van der Waals surface area contributed by atoms with Gasteiger partial charge in [0.15, 0.2) is 12.1 Å². The minimum Gasteiger partial charge on any atom is -0.497 e. The molecule has 0 saturated heterocycles. The van der Waals surface area contributed by atoms with Gasteiger partial charge in [0.2, 0.25) is 10.0 Å². The number of fused-ring (bicyclic) bond motifs is 1. The highest BCUT2D eigenvalue weighted by Crippen LogP contribution is 2.41. The highest BCUT2D eigenvalue weighted by Gasteiger charge is 2.48. The van der Waals surface area contributed by atoms with Crippen LogP contribution in [0, 0.1) is 0 Å². The van der Waals surface area contributed by atoms with E-state index in [0.29, 0.717) is 21.9 Å². The minimum atomic E-state index is -4.24. The van der Waals surface area contributed by atoms with Crippen molar-refractivity contribution in [2.45, 2.75) is 23.6 Å². The number of nitrogens with one attached hydrogen (secondary N) is 1. The number of carbonyl (C=O) groups is 2. The second-order valence-corrected chi connectivity index (χ2v) is 9.97. The summed E-state index contributed by atoms with van der Waals surface area (Å²) in [5.74, 6) is -0.968. The van der Waals surface area contributed by atoms with Crippen LogP contribution in [0.15, 0.2) is 70.9 Å². The van der Waals surface area contributed by atoms with Crippen LogP contribution in [-0.2, 0) is 26.1 Å². The summed E-state index contributed by atoms with van der Waals surface area (Å²) in [7, 11) is -2.79. The Balaban J connectivity index is 1.69. The van der Waals surface area contributed by atoms with Gasteiger partial charge in [-0.2, -0.15) is 4.31 Å². The number of methoxy groups -OCH3 is 1. The topological polar surface area (TPSA) is 122 Å². The summed E-state index contributed by atoms with van der Waals surface area (Å²) in [6.07, 6.45) is -2.22. The van der Waals surface area contributed by atoms with Crippen LogP contribution < -0.4 is 10.1 Å². The molecule has 0 fully saturated rings. The zero-order chi connectivity index (χ0) is 23.6. The third kappa shape index (κ3) is 4.56. The maximum absolute atomic E-state index is 13.4. The van der Waals surface area contributed by atoms with E-state index in [0.717, 1.165) is 4.31 Å². The normalized spacial score (nSPS) is 18.2. The van der Waals surface area contributed by atoms with Gasteiger partial charge in [0.1, 0.15) is 5.75 Å². The predicted molar refractivity (Wildman–Crippen MR) is 121 cm³/mol. The molecule has 3 aromatic rings. The number of anilines is 1. The third-order valence-corrected chi connectivity index (χ3v) is 8.00. The smallest absolute Gasteiger partial charge is 0.412 e. The fourth-order valence-electron chi connectivity index (χ4n) is 3.56. The van der Waals surface area contributed by atoms with Gasteiger partial charge < -0.3 is 14.6 Å². The average Bonchev–Trinajstić information content (AvgIpc) is 3.28. The Kier molecular flexibility index (Phi) is 6.36. The number of ether oxygens (including phenoxy) is 2. The molecule has 2 N–H and O–H groups in total. The molecular weight excluding hydrogens is 468 g/mol. The number of benzene rings is 2. The molecule has 1 aromatic heterocycles. The van der Waals surface area contributed by atoms with Gasteiger partial charge in [0.25, 0.3) is 0 Å². The number of carboxylic acid groups (broad SMARTS) is 1. The summed E-state index contributed by atoms with van der Waals surface area (Å²) in [6, 6.07) is 14.2. The molecule has 33 heavy (non-hydrogen) atoms. The van der Waals surface area contributed by atoms with Crippen LogP contribution in [-0.4, -0.2) is 43.0 Å². The van der Waals surface area contributed by atoms with Crippen molar-refractivity contribution in [3.05, 3.63) is 76.5 Å². The summed E-state index contributed by atoms with van der Waals surface area (Å²) in [5, 5.41) is 14.2. The first kappa shape index (κ1) is 22.8. The Morgan fingerprint density at radius 2 is 1.79 bits per heavy atom.